The number of hydrogen-bond donors (Lipinski definition) is 0. The van der Waals surface area contributed by atoms with E-state index >= 15 is 0 Å². The highest BCUT2D eigenvalue weighted by Gasteiger charge is 2.41. The first-order valence-corrected chi connectivity index (χ1v) is 13.5. The molecule has 0 aliphatic carbocycles. The second kappa shape index (κ2) is 7.87. The van der Waals surface area contributed by atoms with Gasteiger partial charge in [0, 0.05) is 42.5 Å². The lowest BCUT2D eigenvalue weighted by molar-refractivity contribution is 0.182. The molecule has 2 saturated heterocycles. The predicted octanol–water partition coefficient (Wildman–Crippen LogP) is 2.05. The van der Waals surface area contributed by atoms with Crippen molar-refractivity contribution in [1.29, 1.82) is 0 Å². The molecular formula is C19H24N2O4S3. The van der Waals surface area contributed by atoms with E-state index in [1.807, 2.05) is 18.2 Å². The Labute approximate surface area is 170 Å². The van der Waals surface area contributed by atoms with Gasteiger partial charge >= 0.3 is 0 Å². The molecule has 0 spiro atoms. The molecule has 0 bridgehead atoms. The van der Waals surface area contributed by atoms with Crippen LogP contribution in [0, 0.1) is 0 Å². The molecule has 2 aliphatic rings. The second-order valence-corrected chi connectivity index (χ2v) is 13.0. The lowest BCUT2D eigenvalue weighted by Gasteiger charge is -2.34. The molecule has 0 radical (unpaired) electrons. The van der Waals surface area contributed by atoms with Crippen molar-refractivity contribution in [3.05, 3.63) is 47.3 Å². The van der Waals surface area contributed by atoms with Gasteiger partial charge in [0.05, 0.1) is 16.8 Å². The smallest absolute Gasteiger partial charge is 0.218 e. The summed E-state index contributed by atoms with van der Waals surface area (Å²) >= 11 is 1.77. The van der Waals surface area contributed by atoms with Crippen molar-refractivity contribution >= 4 is 31.2 Å². The summed E-state index contributed by atoms with van der Waals surface area (Å²) in [6, 6.07) is 14.5. The molecule has 1 atom stereocenters. The van der Waals surface area contributed by atoms with Crippen molar-refractivity contribution < 1.29 is 16.8 Å². The maximum absolute atomic E-state index is 12.7. The van der Waals surface area contributed by atoms with E-state index in [9.17, 15) is 16.8 Å². The summed E-state index contributed by atoms with van der Waals surface area (Å²) in [5.41, 5.74) is 1.21. The zero-order chi connectivity index (χ0) is 19.8. The Kier molecular flexibility index (Phi) is 5.63. The lowest BCUT2D eigenvalue weighted by atomic mass is 10.2. The third kappa shape index (κ3) is 4.33. The fourth-order valence-corrected chi connectivity index (χ4v) is 9.36. The minimum atomic E-state index is -3.53. The van der Waals surface area contributed by atoms with Gasteiger partial charge in [0.1, 0.15) is 0 Å². The fraction of sp³-hybridized carbons (Fsp3) is 0.474. The van der Waals surface area contributed by atoms with E-state index in [2.05, 4.69) is 29.2 Å². The van der Waals surface area contributed by atoms with Crippen LogP contribution >= 0.6 is 11.3 Å². The first-order valence-electron chi connectivity index (χ1n) is 9.39. The van der Waals surface area contributed by atoms with Gasteiger partial charge in [-0.1, -0.05) is 30.3 Å². The second-order valence-electron chi connectivity index (χ2n) is 7.38. The van der Waals surface area contributed by atoms with Crippen molar-refractivity contribution in [1.82, 2.24) is 9.21 Å². The molecule has 28 heavy (non-hydrogen) atoms. The molecule has 1 aromatic carbocycles. The van der Waals surface area contributed by atoms with E-state index in [1.165, 1.54) is 19.6 Å². The summed E-state index contributed by atoms with van der Waals surface area (Å²) in [6.07, 6.45) is 0.225. The van der Waals surface area contributed by atoms with E-state index in [-0.39, 0.29) is 17.9 Å². The summed E-state index contributed by atoms with van der Waals surface area (Å²) in [5.74, 6) is -0.244. The number of sulfone groups is 1. The van der Waals surface area contributed by atoms with Crippen LogP contribution in [0.3, 0.4) is 0 Å². The molecule has 0 saturated carbocycles. The van der Waals surface area contributed by atoms with E-state index in [4.69, 9.17) is 0 Å². The van der Waals surface area contributed by atoms with Crippen molar-refractivity contribution in [2.75, 3.05) is 37.7 Å². The molecule has 2 aromatic rings. The first kappa shape index (κ1) is 20.0. The summed E-state index contributed by atoms with van der Waals surface area (Å²) in [7, 11) is -6.74. The number of benzene rings is 1. The topological polar surface area (TPSA) is 74.8 Å². The largest absolute Gasteiger partial charge is 0.296 e. The van der Waals surface area contributed by atoms with Crippen LogP contribution in [0.2, 0.25) is 0 Å². The molecule has 2 fully saturated rings. The highest BCUT2D eigenvalue weighted by Crippen LogP contribution is 2.29. The van der Waals surface area contributed by atoms with Crippen LogP contribution in [0.4, 0.5) is 0 Å². The third-order valence-electron chi connectivity index (χ3n) is 5.40. The highest BCUT2D eigenvalue weighted by molar-refractivity contribution is 7.95. The van der Waals surface area contributed by atoms with E-state index in [0.29, 0.717) is 26.2 Å². The van der Waals surface area contributed by atoms with Gasteiger partial charge in [-0.2, -0.15) is 4.31 Å². The van der Waals surface area contributed by atoms with Gasteiger partial charge < -0.3 is 0 Å². The number of nitrogens with zero attached hydrogens (tertiary/aromatic N) is 2. The molecule has 2 aliphatic heterocycles. The Morgan fingerprint density at radius 1 is 1.00 bits per heavy atom. The van der Waals surface area contributed by atoms with Crippen LogP contribution in [0.25, 0.3) is 10.4 Å². The molecule has 9 heteroatoms. The van der Waals surface area contributed by atoms with Crippen molar-refractivity contribution in [2.24, 2.45) is 0 Å². The van der Waals surface area contributed by atoms with Gasteiger partial charge in [-0.25, -0.2) is 16.8 Å². The van der Waals surface area contributed by atoms with Crippen molar-refractivity contribution in [3.63, 3.8) is 0 Å². The first-order chi connectivity index (χ1) is 13.3. The number of sulfonamides is 1. The fourth-order valence-electron chi connectivity index (χ4n) is 3.79. The summed E-state index contributed by atoms with van der Waals surface area (Å²) in [5, 5.41) is -0.769. The minimum absolute atomic E-state index is 0.0149. The van der Waals surface area contributed by atoms with Crippen molar-refractivity contribution in [3.8, 4) is 10.4 Å². The lowest BCUT2D eigenvalue weighted by Crippen LogP contribution is -2.50. The molecule has 152 valence electrons. The zero-order valence-electron chi connectivity index (χ0n) is 15.5. The number of rotatable bonds is 5. The van der Waals surface area contributed by atoms with Gasteiger partial charge in [-0.15, -0.1) is 11.3 Å². The van der Waals surface area contributed by atoms with Crippen LogP contribution in [-0.2, 0) is 26.4 Å². The maximum atomic E-state index is 12.7. The van der Waals surface area contributed by atoms with Gasteiger partial charge in [0.25, 0.3) is 0 Å². The molecule has 6 nitrogen and oxygen atoms in total. The minimum Gasteiger partial charge on any atom is -0.296 e. The van der Waals surface area contributed by atoms with Crippen LogP contribution in [-0.4, -0.2) is 69.0 Å². The van der Waals surface area contributed by atoms with Crippen LogP contribution in [0.5, 0.6) is 0 Å². The molecule has 1 unspecified atom stereocenters. The Hall–Kier alpha value is -1.26. The average molecular weight is 441 g/mol. The number of hydrogen-bond acceptors (Lipinski definition) is 6. The molecule has 0 amide bonds. The summed E-state index contributed by atoms with van der Waals surface area (Å²) in [6.45, 7) is 2.99. The Balaban J connectivity index is 1.34. The predicted molar refractivity (Wildman–Crippen MR) is 113 cm³/mol. The normalized spacial score (nSPS) is 23.8. The average Bonchev–Trinajstić information content (AvgIpc) is 3.29. The van der Waals surface area contributed by atoms with Crippen molar-refractivity contribution in [2.45, 2.75) is 18.2 Å². The highest BCUT2D eigenvalue weighted by atomic mass is 32.2. The number of piperazine rings is 1. The van der Waals surface area contributed by atoms with Crippen LogP contribution in [0.15, 0.2) is 42.5 Å². The molecular weight excluding hydrogens is 416 g/mol. The number of thiophene rings is 1. The van der Waals surface area contributed by atoms with Gasteiger partial charge in [0.2, 0.25) is 10.0 Å². The zero-order valence-corrected chi connectivity index (χ0v) is 18.0. The quantitative estimate of drug-likeness (QED) is 0.711. The van der Waals surface area contributed by atoms with Gasteiger partial charge in [-0.05, 0) is 24.1 Å². The monoisotopic (exact) mass is 440 g/mol. The molecule has 3 heterocycles. The van der Waals surface area contributed by atoms with Gasteiger partial charge in [0.15, 0.2) is 9.84 Å². The molecule has 4 rings (SSSR count). The van der Waals surface area contributed by atoms with E-state index < -0.39 is 25.1 Å². The third-order valence-corrected chi connectivity index (χ3v) is 10.8. The standard InChI is InChI=1S/C19H24N2O4S3/c22-27(23)13-8-18(15-27)28(24,25)21-11-9-20(10-12-21)14-17-6-7-19(26-17)16-4-2-1-3-5-16/h1-7,18H,8-15H2. The van der Waals surface area contributed by atoms with Crippen LogP contribution < -0.4 is 0 Å². The summed E-state index contributed by atoms with van der Waals surface area (Å²) in [4.78, 5) is 4.76. The molecule has 0 N–H and O–H groups in total. The summed E-state index contributed by atoms with van der Waals surface area (Å²) < 4.78 is 50.3. The van der Waals surface area contributed by atoms with Crippen LogP contribution in [0.1, 0.15) is 11.3 Å². The van der Waals surface area contributed by atoms with Gasteiger partial charge in [-0.3, -0.25) is 4.90 Å². The Morgan fingerprint density at radius 2 is 1.71 bits per heavy atom. The Morgan fingerprint density at radius 3 is 2.36 bits per heavy atom. The van der Waals surface area contributed by atoms with E-state index in [1.54, 1.807) is 11.3 Å². The SMILES string of the molecule is O=S1(=O)CCC(S(=O)(=O)N2CCN(Cc3ccc(-c4ccccc4)s3)CC2)C1. The maximum Gasteiger partial charge on any atom is 0.218 e. The van der Waals surface area contributed by atoms with E-state index in [0.717, 1.165) is 6.54 Å². The Bertz CT molecular complexity index is 1020. The molecule has 1 aromatic heterocycles.